The van der Waals surface area contributed by atoms with Gasteiger partial charge in [-0.1, -0.05) is 5.16 Å². The molecule has 8 nitrogen and oxygen atoms in total. The molecule has 0 aliphatic carbocycles. The van der Waals surface area contributed by atoms with Crippen LogP contribution < -0.4 is 10.6 Å². The van der Waals surface area contributed by atoms with Gasteiger partial charge >= 0.3 is 0 Å². The van der Waals surface area contributed by atoms with E-state index in [1.165, 1.54) is 6.42 Å². The molecule has 1 unspecified atom stereocenters. The summed E-state index contributed by atoms with van der Waals surface area (Å²) in [5, 5.41) is 10.7. The molecule has 0 spiro atoms. The minimum absolute atomic E-state index is 0.394. The zero-order valence-electron chi connectivity index (χ0n) is 14.3. The van der Waals surface area contributed by atoms with Gasteiger partial charge in [0.1, 0.15) is 6.54 Å². The van der Waals surface area contributed by atoms with Crippen LogP contribution in [0.1, 0.15) is 31.5 Å². The van der Waals surface area contributed by atoms with Gasteiger partial charge in [0.2, 0.25) is 5.89 Å². The zero-order chi connectivity index (χ0) is 16.5. The maximum Gasteiger partial charge on any atom is 0.223 e. The SMILES string of the molecule is CCNC(=NCc1noc(C)n1)NC1CCCN(CCOC)C1. The summed E-state index contributed by atoms with van der Waals surface area (Å²) in [6.45, 7) is 8.96. The molecule has 23 heavy (non-hydrogen) atoms. The number of aryl methyl sites for hydroxylation is 1. The van der Waals surface area contributed by atoms with Gasteiger partial charge in [-0.2, -0.15) is 4.98 Å². The molecule has 0 aromatic carbocycles. The van der Waals surface area contributed by atoms with Gasteiger partial charge in [0, 0.05) is 39.7 Å². The first-order valence-corrected chi connectivity index (χ1v) is 8.26. The second-order valence-corrected chi connectivity index (χ2v) is 5.70. The normalized spacial score (nSPS) is 19.8. The Bertz CT molecular complexity index is 490. The lowest BCUT2D eigenvalue weighted by atomic mass is 10.1. The number of aromatic nitrogens is 2. The molecule has 0 bridgehead atoms. The van der Waals surface area contributed by atoms with Crippen LogP contribution in [0.2, 0.25) is 0 Å². The fourth-order valence-electron chi connectivity index (χ4n) is 2.67. The smallest absolute Gasteiger partial charge is 0.223 e. The average molecular weight is 324 g/mol. The van der Waals surface area contributed by atoms with E-state index in [9.17, 15) is 0 Å². The lowest BCUT2D eigenvalue weighted by Gasteiger charge is -2.33. The highest BCUT2D eigenvalue weighted by Crippen LogP contribution is 2.09. The second kappa shape index (κ2) is 9.46. The fourth-order valence-corrected chi connectivity index (χ4v) is 2.67. The van der Waals surface area contributed by atoms with E-state index in [1.54, 1.807) is 14.0 Å². The van der Waals surface area contributed by atoms with Gasteiger partial charge in [0.05, 0.1) is 6.61 Å². The minimum Gasteiger partial charge on any atom is -0.383 e. The third-order valence-electron chi connectivity index (χ3n) is 3.75. The highest BCUT2D eigenvalue weighted by molar-refractivity contribution is 5.80. The quantitative estimate of drug-likeness (QED) is 0.559. The van der Waals surface area contributed by atoms with Crippen molar-refractivity contribution < 1.29 is 9.26 Å². The van der Waals surface area contributed by atoms with Crippen molar-refractivity contribution in [3.05, 3.63) is 11.7 Å². The Balaban J connectivity index is 1.87. The van der Waals surface area contributed by atoms with E-state index in [1.807, 2.05) is 0 Å². The summed E-state index contributed by atoms with van der Waals surface area (Å²) in [6, 6.07) is 0.394. The van der Waals surface area contributed by atoms with Crippen molar-refractivity contribution in [1.29, 1.82) is 0 Å². The largest absolute Gasteiger partial charge is 0.383 e. The number of methoxy groups -OCH3 is 1. The van der Waals surface area contributed by atoms with E-state index in [2.05, 4.69) is 37.6 Å². The number of rotatable bonds is 7. The highest BCUT2D eigenvalue weighted by atomic mass is 16.5. The molecule has 0 radical (unpaired) electrons. The van der Waals surface area contributed by atoms with E-state index in [4.69, 9.17) is 9.26 Å². The van der Waals surface area contributed by atoms with Gasteiger partial charge in [-0.05, 0) is 26.3 Å². The van der Waals surface area contributed by atoms with Gasteiger partial charge in [-0.3, -0.25) is 4.90 Å². The first-order valence-electron chi connectivity index (χ1n) is 8.26. The third-order valence-corrected chi connectivity index (χ3v) is 3.75. The summed E-state index contributed by atoms with van der Waals surface area (Å²) in [5.41, 5.74) is 0. The predicted molar refractivity (Wildman–Crippen MR) is 88.3 cm³/mol. The molecular formula is C15H28N6O2. The Kier molecular flexibility index (Phi) is 7.28. The number of guanidine groups is 1. The van der Waals surface area contributed by atoms with Crippen LogP contribution in [0.4, 0.5) is 0 Å². The fraction of sp³-hybridized carbons (Fsp3) is 0.800. The lowest BCUT2D eigenvalue weighted by Crippen LogP contribution is -2.51. The maximum atomic E-state index is 5.17. The molecule has 0 saturated carbocycles. The molecule has 1 aromatic rings. The van der Waals surface area contributed by atoms with Crippen molar-refractivity contribution in [3.63, 3.8) is 0 Å². The summed E-state index contributed by atoms with van der Waals surface area (Å²) in [7, 11) is 1.75. The lowest BCUT2D eigenvalue weighted by molar-refractivity contribution is 0.126. The van der Waals surface area contributed by atoms with E-state index in [-0.39, 0.29) is 0 Å². The van der Waals surface area contributed by atoms with Crippen LogP contribution in [-0.2, 0) is 11.3 Å². The topological polar surface area (TPSA) is 87.8 Å². The number of aliphatic imine (C=N–C) groups is 1. The van der Waals surface area contributed by atoms with Crippen LogP contribution in [0, 0.1) is 6.92 Å². The molecule has 2 rings (SSSR count). The van der Waals surface area contributed by atoms with E-state index in [0.29, 0.717) is 24.3 Å². The van der Waals surface area contributed by atoms with Gasteiger partial charge in [-0.25, -0.2) is 4.99 Å². The number of ether oxygens (including phenoxy) is 1. The van der Waals surface area contributed by atoms with Crippen LogP contribution in [0.15, 0.2) is 9.52 Å². The van der Waals surface area contributed by atoms with Crippen molar-refractivity contribution in [1.82, 2.24) is 25.7 Å². The average Bonchev–Trinajstić information content (AvgIpc) is 2.97. The minimum atomic E-state index is 0.394. The Morgan fingerprint density at radius 2 is 2.39 bits per heavy atom. The summed E-state index contributed by atoms with van der Waals surface area (Å²) < 4.78 is 10.1. The molecule has 1 aliphatic heterocycles. The first kappa shape index (κ1) is 17.7. The number of likely N-dealkylation sites (tertiary alicyclic amines) is 1. The Labute approximate surface area is 137 Å². The van der Waals surface area contributed by atoms with E-state index in [0.717, 1.165) is 45.2 Å². The van der Waals surface area contributed by atoms with Gasteiger partial charge in [-0.15, -0.1) is 0 Å². The number of hydrogen-bond donors (Lipinski definition) is 2. The Morgan fingerprint density at radius 1 is 1.52 bits per heavy atom. The second-order valence-electron chi connectivity index (χ2n) is 5.70. The molecule has 8 heteroatoms. The molecule has 2 N–H and O–H groups in total. The van der Waals surface area contributed by atoms with Crippen molar-refractivity contribution in [2.45, 2.75) is 39.3 Å². The highest BCUT2D eigenvalue weighted by Gasteiger charge is 2.20. The van der Waals surface area contributed by atoms with E-state index >= 15 is 0 Å². The molecule has 1 atom stereocenters. The van der Waals surface area contributed by atoms with Crippen molar-refractivity contribution in [3.8, 4) is 0 Å². The molecule has 130 valence electrons. The monoisotopic (exact) mass is 324 g/mol. The summed E-state index contributed by atoms with van der Waals surface area (Å²) in [4.78, 5) is 11.1. The van der Waals surface area contributed by atoms with E-state index < -0.39 is 0 Å². The summed E-state index contributed by atoms with van der Waals surface area (Å²) in [5.74, 6) is 1.97. The van der Waals surface area contributed by atoms with Crippen molar-refractivity contribution in [2.75, 3.05) is 39.9 Å². The first-order chi connectivity index (χ1) is 11.2. The molecule has 1 fully saturated rings. The summed E-state index contributed by atoms with van der Waals surface area (Å²) in [6.07, 6.45) is 2.33. The molecular weight excluding hydrogens is 296 g/mol. The summed E-state index contributed by atoms with van der Waals surface area (Å²) >= 11 is 0. The standard InChI is InChI=1S/C15H28N6O2/c1-4-16-15(17-10-14-18-12(2)23-20-14)19-13-6-5-7-21(11-13)8-9-22-3/h13H,4-11H2,1-3H3,(H2,16,17,19). The molecule has 1 saturated heterocycles. The van der Waals surface area contributed by atoms with Gasteiger partial charge in [0.25, 0.3) is 0 Å². The Morgan fingerprint density at radius 3 is 3.09 bits per heavy atom. The van der Waals surface area contributed by atoms with Crippen molar-refractivity contribution in [2.24, 2.45) is 4.99 Å². The number of hydrogen-bond acceptors (Lipinski definition) is 6. The molecule has 0 amide bonds. The molecule has 2 heterocycles. The van der Waals surface area contributed by atoms with Crippen LogP contribution in [0.3, 0.4) is 0 Å². The number of nitrogens with zero attached hydrogens (tertiary/aromatic N) is 4. The Hall–Kier alpha value is -1.67. The predicted octanol–water partition coefficient (Wildman–Crippen LogP) is 0.544. The van der Waals surface area contributed by atoms with Crippen LogP contribution in [0.5, 0.6) is 0 Å². The maximum absolute atomic E-state index is 5.17. The van der Waals surface area contributed by atoms with Gasteiger partial charge in [0.15, 0.2) is 11.8 Å². The number of nitrogens with one attached hydrogen (secondary N) is 2. The van der Waals surface area contributed by atoms with Gasteiger partial charge < -0.3 is 19.9 Å². The molecule has 1 aliphatic rings. The van der Waals surface area contributed by atoms with Crippen LogP contribution in [0.25, 0.3) is 0 Å². The number of piperidine rings is 1. The van der Waals surface area contributed by atoms with Crippen LogP contribution >= 0.6 is 0 Å². The van der Waals surface area contributed by atoms with Crippen LogP contribution in [-0.4, -0.2) is 66.9 Å². The molecule has 1 aromatic heterocycles. The van der Waals surface area contributed by atoms with Crippen molar-refractivity contribution >= 4 is 5.96 Å². The zero-order valence-corrected chi connectivity index (χ0v) is 14.3. The third kappa shape index (κ3) is 6.15.